The van der Waals surface area contributed by atoms with Gasteiger partial charge in [-0.2, -0.15) is 0 Å². The molecule has 9 heteroatoms. The first kappa shape index (κ1) is 17.9. The topological polar surface area (TPSA) is 69.6 Å². The molecule has 0 aliphatic carbocycles. The molecule has 0 saturated carbocycles. The van der Waals surface area contributed by atoms with Gasteiger partial charge in [0.15, 0.2) is 11.0 Å². The average molecular weight is 401 g/mol. The second-order valence-electron chi connectivity index (χ2n) is 5.74. The third-order valence-corrected chi connectivity index (χ3v) is 5.87. The third-order valence-electron chi connectivity index (χ3n) is 3.94. The number of thiophene rings is 1. The molecule has 4 rings (SSSR count). The third kappa shape index (κ3) is 3.65. The molecule has 0 unspecified atom stereocenters. The zero-order valence-electron chi connectivity index (χ0n) is 14.7. The van der Waals surface area contributed by atoms with Crippen molar-refractivity contribution in [3.63, 3.8) is 0 Å². The lowest BCUT2D eigenvalue weighted by atomic mass is 10.2. The fraction of sp³-hybridized carbons (Fsp3) is 0.222. The van der Waals surface area contributed by atoms with E-state index in [0.717, 1.165) is 22.4 Å². The summed E-state index contributed by atoms with van der Waals surface area (Å²) in [5.74, 6) is 1.42. The number of benzene rings is 1. The summed E-state index contributed by atoms with van der Waals surface area (Å²) in [5.41, 5.74) is 0.684. The lowest BCUT2D eigenvalue weighted by Crippen LogP contribution is -2.00. The first-order chi connectivity index (χ1) is 13.2. The molecule has 0 spiro atoms. The summed E-state index contributed by atoms with van der Waals surface area (Å²) in [5, 5.41) is 19.6. The Kier molecular flexibility index (Phi) is 5.04. The fourth-order valence-electron chi connectivity index (χ4n) is 2.57. The highest BCUT2D eigenvalue weighted by Crippen LogP contribution is 2.36. The Hall–Kier alpha value is -2.52. The molecular weight excluding hydrogens is 385 g/mol. The summed E-state index contributed by atoms with van der Waals surface area (Å²) in [6.45, 7) is 4.81. The van der Waals surface area contributed by atoms with E-state index in [0.29, 0.717) is 17.3 Å². The van der Waals surface area contributed by atoms with Crippen molar-refractivity contribution < 1.29 is 8.81 Å². The van der Waals surface area contributed by atoms with Crippen LogP contribution >= 0.6 is 23.1 Å². The summed E-state index contributed by atoms with van der Waals surface area (Å²) < 4.78 is 20.9. The molecule has 3 heterocycles. The molecule has 0 amide bonds. The van der Waals surface area contributed by atoms with Gasteiger partial charge in [0.2, 0.25) is 11.8 Å². The van der Waals surface area contributed by atoms with Gasteiger partial charge in [0.25, 0.3) is 0 Å². The van der Waals surface area contributed by atoms with Gasteiger partial charge in [-0.3, -0.25) is 0 Å². The minimum Gasteiger partial charge on any atom is -0.419 e. The second-order valence-corrected chi connectivity index (χ2v) is 8.00. The predicted molar refractivity (Wildman–Crippen MR) is 103 cm³/mol. The molecule has 0 fully saturated rings. The summed E-state index contributed by atoms with van der Waals surface area (Å²) in [6, 6.07) is 10.0. The van der Waals surface area contributed by atoms with Crippen LogP contribution in [0.3, 0.4) is 0 Å². The van der Waals surface area contributed by atoms with Crippen LogP contribution in [0.4, 0.5) is 4.39 Å². The molecule has 138 valence electrons. The van der Waals surface area contributed by atoms with E-state index < -0.39 is 0 Å². The highest BCUT2D eigenvalue weighted by Gasteiger charge is 2.21. The number of thioether (sulfide) groups is 1. The van der Waals surface area contributed by atoms with Crippen molar-refractivity contribution in [2.45, 2.75) is 30.8 Å². The van der Waals surface area contributed by atoms with Crippen LogP contribution in [0, 0.1) is 5.82 Å². The van der Waals surface area contributed by atoms with Crippen molar-refractivity contribution in [1.82, 2.24) is 25.0 Å². The SMILES string of the molecule is CCn1c(S[C@@H](C)c2nnc(-c3ccc(F)cc3)o2)nnc1-c1cccs1. The lowest BCUT2D eigenvalue weighted by molar-refractivity contribution is 0.508. The molecular formula is C18H16FN5OS2. The van der Waals surface area contributed by atoms with Crippen LogP contribution in [0.1, 0.15) is 25.0 Å². The van der Waals surface area contributed by atoms with Gasteiger partial charge in [0.1, 0.15) is 5.82 Å². The highest BCUT2D eigenvalue weighted by molar-refractivity contribution is 7.99. The molecule has 0 aliphatic heterocycles. The molecule has 0 bridgehead atoms. The van der Waals surface area contributed by atoms with Crippen LogP contribution in [0.5, 0.6) is 0 Å². The maximum atomic E-state index is 13.1. The number of rotatable bonds is 6. The predicted octanol–water partition coefficient (Wildman–Crippen LogP) is 5.07. The van der Waals surface area contributed by atoms with Gasteiger partial charge in [0, 0.05) is 12.1 Å². The van der Waals surface area contributed by atoms with Crippen LogP contribution in [0.15, 0.2) is 51.4 Å². The second kappa shape index (κ2) is 7.61. The summed E-state index contributed by atoms with van der Waals surface area (Å²) in [6.07, 6.45) is 0. The van der Waals surface area contributed by atoms with E-state index in [-0.39, 0.29) is 11.1 Å². The van der Waals surface area contributed by atoms with Crippen LogP contribution in [-0.4, -0.2) is 25.0 Å². The van der Waals surface area contributed by atoms with E-state index in [9.17, 15) is 4.39 Å². The van der Waals surface area contributed by atoms with Crippen LogP contribution < -0.4 is 0 Å². The Morgan fingerprint density at radius 3 is 2.67 bits per heavy atom. The molecule has 0 radical (unpaired) electrons. The Morgan fingerprint density at radius 2 is 1.96 bits per heavy atom. The van der Waals surface area contributed by atoms with Gasteiger partial charge in [0.05, 0.1) is 10.1 Å². The van der Waals surface area contributed by atoms with Gasteiger partial charge in [-0.15, -0.1) is 31.7 Å². The minimum absolute atomic E-state index is 0.0996. The normalized spacial score (nSPS) is 12.4. The summed E-state index contributed by atoms with van der Waals surface area (Å²) in [7, 11) is 0. The molecule has 0 aliphatic rings. The zero-order valence-corrected chi connectivity index (χ0v) is 16.3. The molecule has 4 aromatic rings. The fourth-order valence-corrected chi connectivity index (χ4v) is 4.23. The van der Waals surface area contributed by atoms with Crippen molar-refractivity contribution in [1.29, 1.82) is 0 Å². The maximum absolute atomic E-state index is 13.1. The molecule has 1 atom stereocenters. The molecule has 0 N–H and O–H groups in total. The molecule has 3 aromatic heterocycles. The largest absolute Gasteiger partial charge is 0.419 e. The quantitative estimate of drug-likeness (QED) is 0.420. The van der Waals surface area contributed by atoms with Gasteiger partial charge in [-0.1, -0.05) is 17.8 Å². The molecule has 27 heavy (non-hydrogen) atoms. The van der Waals surface area contributed by atoms with E-state index >= 15 is 0 Å². The van der Waals surface area contributed by atoms with E-state index in [1.807, 2.05) is 24.4 Å². The molecule has 0 saturated heterocycles. The van der Waals surface area contributed by atoms with Gasteiger partial charge in [-0.05, 0) is 49.6 Å². The number of halogens is 1. The minimum atomic E-state index is -0.303. The summed E-state index contributed by atoms with van der Waals surface area (Å²) in [4.78, 5) is 1.08. The first-order valence-corrected chi connectivity index (χ1v) is 10.1. The number of hydrogen-bond acceptors (Lipinski definition) is 7. The smallest absolute Gasteiger partial charge is 0.247 e. The Labute approximate surface area is 163 Å². The van der Waals surface area contributed by atoms with E-state index in [1.54, 1.807) is 23.5 Å². The monoisotopic (exact) mass is 401 g/mol. The van der Waals surface area contributed by atoms with E-state index in [2.05, 4.69) is 31.9 Å². The van der Waals surface area contributed by atoms with Crippen molar-refractivity contribution in [3.05, 3.63) is 53.5 Å². The standard InChI is InChI=1S/C18H16FN5OS2/c1-3-24-15(14-5-4-10-26-14)20-23-18(24)27-11(2)16-21-22-17(25-16)12-6-8-13(19)9-7-12/h4-11H,3H2,1-2H3/t11-/m0/s1. The van der Waals surface area contributed by atoms with Crippen molar-refractivity contribution in [3.8, 4) is 22.2 Å². The van der Waals surface area contributed by atoms with Crippen LogP contribution in [0.25, 0.3) is 22.2 Å². The first-order valence-electron chi connectivity index (χ1n) is 8.38. The van der Waals surface area contributed by atoms with E-state index in [1.165, 1.54) is 23.9 Å². The van der Waals surface area contributed by atoms with Crippen LogP contribution in [-0.2, 0) is 6.54 Å². The van der Waals surface area contributed by atoms with Crippen molar-refractivity contribution in [2.75, 3.05) is 0 Å². The highest BCUT2D eigenvalue weighted by atomic mass is 32.2. The lowest BCUT2D eigenvalue weighted by Gasteiger charge is -2.08. The average Bonchev–Trinajstić information content (AvgIpc) is 3.42. The van der Waals surface area contributed by atoms with Crippen molar-refractivity contribution >= 4 is 23.1 Å². The van der Waals surface area contributed by atoms with E-state index in [4.69, 9.17) is 4.42 Å². The number of aromatic nitrogens is 5. The zero-order chi connectivity index (χ0) is 18.8. The Bertz CT molecular complexity index is 1030. The summed E-state index contributed by atoms with van der Waals surface area (Å²) >= 11 is 3.15. The van der Waals surface area contributed by atoms with Gasteiger partial charge < -0.3 is 8.98 Å². The molecule has 1 aromatic carbocycles. The Balaban J connectivity index is 1.55. The Morgan fingerprint density at radius 1 is 1.15 bits per heavy atom. The number of hydrogen-bond donors (Lipinski definition) is 0. The number of nitrogens with zero attached hydrogens (tertiary/aromatic N) is 5. The molecule has 6 nitrogen and oxygen atoms in total. The van der Waals surface area contributed by atoms with Crippen molar-refractivity contribution in [2.24, 2.45) is 0 Å². The van der Waals surface area contributed by atoms with Gasteiger partial charge >= 0.3 is 0 Å². The maximum Gasteiger partial charge on any atom is 0.247 e. The van der Waals surface area contributed by atoms with Gasteiger partial charge in [-0.25, -0.2) is 4.39 Å². The van der Waals surface area contributed by atoms with Crippen LogP contribution in [0.2, 0.25) is 0 Å².